The van der Waals surface area contributed by atoms with Gasteiger partial charge in [-0.25, -0.2) is 9.97 Å². The molecule has 114 valence electrons. The van der Waals surface area contributed by atoms with Gasteiger partial charge in [-0.05, 0) is 37.1 Å². The minimum absolute atomic E-state index is 0.163. The van der Waals surface area contributed by atoms with Crippen LogP contribution >= 0.6 is 0 Å². The van der Waals surface area contributed by atoms with Gasteiger partial charge in [-0.3, -0.25) is 4.79 Å². The first-order valence-corrected chi connectivity index (χ1v) is 7.39. The molecule has 0 aliphatic rings. The molecule has 0 radical (unpaired) electrons. The minimum Gasteiger partial charge on any atom is -0.319 e. The zero-order valence-corrected chi connectivity index (χ0v) is 13.1. The van der Waals surface area contributed by atoms with Crippen LogP contribution < -0.4 is 5.32 Å². The second-order valence-corrected chi connectivity index (χ2v) is 5.41. The van der Waals surface area contributed by atoms with Crippen molar-refractivity contribution in [2.75, 3.05) is 5.32 Å². The maximum absolute atomic E-state index is 12.3. The van der Waals surface area contributed by atoms with Crippen molar-refractivity contribution in [1.82, 2.24) is 9.97 Å². The van der Waals surface area contributed by atoms with E-state index < -0.39 is 0 Å². The Morgan fingerprint density at radius 2 is 1.61 bits per heavy atom. The third-order valence-electron chi connectivity index (χ3n) is 3.71. The SMILES string of the molecule is Cc1ccc(C(=O)Nc2cnc(-c3ccccc3)nc2)cc1C. The number of carbonyl (C=O) groups excluding carboxylic acids is 1. The summed E-state index contributed by atoms with van der Waals surface area (Å²) < 4.78 is 0. The molecule has 1 amide bonds. The molecular weight excluding hydrogens is 286 g/mol. The molecule has 0 spiro atoms. The van der Waals surface area contributed by atoms with Crippen molar-refractivity contribution >= 4 is 11.6 Å². The molecule has 2 aromatic carbocycles. The molecule has 0 unspecified atom stereocenters. The Morgan fingerprint density at radius 1 is 0.913 bits per heavy atom. The standard InChI is InChI=1S/C19H17N3O/c1-13-8-9-16(10-14(13)2)19(23)22-17-11-20-18(21-12-17)15-6-4-3-5-7-15/h3-12H,1-2H3,(H,22,23). The summed E-state index contributed by atoms with van der Waals surface area (Å²) in [5, 5.41) is 2.82. The summed E-state index contributed by atoms with van der Waals surface area (Å²) in [5.74, 6) is 0.471. The monoisotopic (exact) mass is 303 g/mol. The summed E-state index contributed by atoms with van der Waals surface area (Å²) in [6, 6.07) is 15.4. The van der Waals surface area contributed by atoms with Gasteiger partial charge in [-0.1, -0.05) is 36.4 Å². The third-order valence-corrected chi connectivity index (χ3v) is 3.71. The van der Waals surface area contributed by atoms with Crippen LogP contribution in [0.1, 0.15) is 21.5 Å². The minimum atomic E-state index is -0.163. The lowest BCUT2D eigenvalue weighted by Gasteiger charge is -2.07. The summed E-state index contributed by atoms with van der Waals surface area (Å²) >= 11 is 0. The quantitative estimate of drug-likeness (QED) is 0.795. The number of benzene rings is 2. The fourth-order valence-electron chi connectivity index (χ4n) is 2.21. The molecule has 4 heteroatoms. The fraction of sp³-hybridized carbons (Fsp3) is 0.105. The third kappa shape index (κ3) is 3.43. The second kappa shape index (κ2) is 6.40. The highest BCUT2D eigenvalue weighted by Gasteiger charge is 2.08. The number of carbonyl (C=O) groups is 1. The van der Waals surface area contributed by atoms with E-state index in [1.807, 2.05) is 62.4 Å². The molecule has 0 aliphatic carbocycles. The van der Waals surface area contributed by atoms with Crippen LogP contribution in [0.15, 0.2) is 60.9 Å². The Morgan fingerprint density at radius 3 is 2.26 bits per heavy atom. The van der Waals surface area contributed by atoms with E-state index in [0.29, 0.717) is 17.1 Å². The molecule has 0 aliphatic heterocycles. The van der Waals surface area contributed by atoms with Crippen molar-refractivity contribution in [3.05, 3.63) is 77.6 Å². The number of amides is 1. The van der Waals surface area contributed by atoms with E-state index in [-0.39, 0.29) is 5.91 Å². The Bertz CT molecular complexity index is 827. The van der Waals surface area contributed by atoms with Crippen LogP contribution in [0.25, 0.3) is 11.4 Å². The van der Waals surface area contributed by atoms with Crippen molar-refractivity contribution in [1.29, 1.82) is 0 Å². The van der Waals surface area contributed by atoms with Gasteiger partial charge in [0.1, 0.15) is 0 Å². The Labute approximate surface area is 135 Å². The first-order valence-electron chi connectivity index (χ1n) is 7.39. The van der Waals surface area contributed by atoms with Crippen LogP contribution in [-0.2, 0) is 0 Å². The molecule has 0 saturated heterocycles. The number of aryl methyl sites for hydroxylation is 2. The van der Waals surface area contributed by atoms with Crippen LogP contribution in [0.2, 0.25) is 0 Å². The second-order valence-electron chi connectivity index (χ2n) is 5.41. The molecule has 0 atom stereocenters. The molecule has 0 bridgehead atoms. The van der Waals surface area contributed by atoms with E-state index in [9.17, 15) is 4.79 Å². The number of hydrogen-bond donors (Lipinski definition) is 1. The molecule has 0 fully saturated rings. The predicted octanol–water partition coefficient (Wildman–Crippen LogP) is 4.01. The molecule has 1 aromatic heterocycles. The molecule has 1 N–H and O–H groups in total. The average Bonchev–Trinajstić information content (AvgIpc) is 2.59. The topological polar surface area (TPSA) is 54.9 Å². The smallest absolute Gasteiger partial charge is 0.255 e. The highest BCUT2D eigenvalue weighted by molar-refractivity contribution is 6.04. The molecule has 3 aromatic rings. The maximum Gasteiger partial charge on any atom is 0.255 e. The Hall–Kier alpha value is -3.01. The van der Waals surface area contributed by atoms with E-state index >= 15 is 0 Å². The van der Waals surface area contributed by atoms with Gasteiger partial charge in [0.05, 0.1) is 18.1 Å². The van der Waals surface area contributed by atoms with Gasteiger partial charge in [0.15, 0.2) is 5.82 Å². The van der Waals surface area contributed by atoms with E-state index in [1.165, 1.54) is 0 Å². The van der Waals surface area contributed by atoms with Crippen LogP contribution in [-0.4, -0.2) is 15.9 Å². The zero-order valence-electron chi connectivity index (χ0n) is 13.1. The molecule has 0 saturated carbocycles. The van der Waals surface area contributed by atoms with Gasteiger partial charge in [0.2, 0.25) is 0 Å². The summed E-state index contributed by atoms with van der Waals surface area (Å²) in [7, 11) is 0. The Balaban J connectivity index is 1.75. The predicted molar refractivity (Wildman–Crippen MR) is 91.3 cm³/mol. The van der Waals surface area contributed by atoms with Crippen molar-refractivity contribution < 1.29 is 4.79 Å². The fourth-order valence-corrected chi connectivity index (χ4v) is 2.21. The summed E-state index contributed by atoms with van der Waals surface area (Å²) in [4.78, 5) is 20.9. The van der Waals surface area contributed by atoms with Crippen LogP contribution in [0, 0.1) is 13.8 Å². The van der Waals surface area contributed by atoms with E-state index in [0.717, 1.165) is 16.7 Å². The molecule has 4 nitrogen and oxygen atoms in total. The van der Waals surface area contributed by atoms with Gasteiger partial charge < -0.3 is 5.32 Å². The maximum atomic E-state index is 12.3. The molecular formula is C19H17N3O. The highest BCUT2D eigenvalue weighted by atomic mass is 16.1. The summed E-state index contributed by atoms with van der Waals surface area (Å²) in [6.45, 7) is 4.01. The van der Waals surface area contributed by atoms with Crippen molar-refractivity contribution in [3.63, 3.8) is 0 Å². The zero-order chi connectivity index (χ0) is 16.2. The van der Waals surface area contributed by atoms with Crippen LogP contribution in [0.4, 0.5) is 5.69 Å². The summed E-state index contributed by atoms with van der Waals surface area (Å²) in [5.41, 5.74) is 4.40. The highest BCUT2D eigenvalue weighted by Crippen LogP contribution is 2.16. The number of hydrogen-bond acceptors (Lipinski definition) is 3. The lowest BCUT2D eigenvalue weighted by Crippen LogP contribution is -2.12. The molecule has 1 heterocycles. The van der Waals surface area contributed by atoms with Gasteiger partial charge >= 0.3 is 0 Å². The number of rotatable bonds is 3. The van der Waals surface area contributed by atoms with Crippen molar-refractivity contribution in [2.45, 2.75) is 13.8 Å². The van der Waals surface area contributed by atoms with Crippen LogP contribution in [0.3, 0.4) is 0 Å². The lowest BCUT2D eigenvalue weighted by molar-refractivity contribution is 0.102. The molecule has 23 heavy (non-hydrogen) atoms. The largest absolute Gasteiger partial charge is 0.319 e. The van der Waals surface area contributed by atoms with Gasteiger partial charge in [0, 0.05) is 11.1 Å². The van der Waals surface area contributed by atoms with E-state index in [4.69, 9.17) is 0 Å². The Kier molecular flexibility index (Phi) is 4.15. The van der Waals surface area contributed by atoms with Gasteiger partial charge in [0.25, 0.3) is 5.91 Å². The normalized spacial score (nSPS) is 10.3. The first kappa shape index (κ1) is 14.9. The lowest BCUT2D eigenvalue weighted by atomic mass is 10.1. The van der Waals surface area contributed by atoms with Crippen molar-refractivity contribution in [2.24, 2.45) is 0 Å². The van der Waals surface area contributed by atoms with E-state index in [1.54, 1.807) is 12.4 Å². The van der Waals surface area contributed by atoms with E-state index in [2.05, 4.69) is 15.3 Å². The van der Waals surface area contributed by atoms with Crippen molar-refractivity contribution in [3.8, 4) is 11.4 Å². The number of nitrogens with zero attached hydrogens (tertiary/aromatic N) is 2. The average molecular weight is 303 g/mol. The number of nitrogens with one attached hydrogen (secondary N) is 1. The van der Waals surface area contributed by atoms with Crippen LogP contribution in [0.5, 0.6) is 0 Å². The van der Waals surface area contributed by atoms with Gasteiger partial charge in [-0.15, -0.1) is 0 Å². The summed E-state index contributed by atoms with van der Waals surface area (Å²) in [6.07, 6.45) is 3.24. The number of anilines is 1. The van der Waals surface area contributed by atoms with Gasteiger partial charge in [-0.2, -0.15) is 0 Å². The number of aromatic nitrogens is 2. The first-order chi connectivity index (χ1) is 11.1. The molecule has 3 rings (SSSR count).